The van der Waals surface area contributed by atoms with Gasteiger partial charge in [-0.1, -0.05) is 56.3 Å². The molecule has 5 heteroatoms. The van der Waals surface area contributed by atoms with Crippen LogP contribution in [0, 0.1) is 0 Å². The number of amides is 1. The summed E-state index contributed by atoms with van der Waals surface area (Å²) < 4.78 is 0. The van der Waals surface area contributed by atoms with Crippen LogP contribution in [0.2, 0.25) is 0 Å². The maximum absolute atomic E-state index is 12.5. The molecule has 1 N–H and O–H groups in total. The quantitative estimate of drug-likeness (QED) is 0.697. The van der Waals surface area contributed by atoms with Gasteiger partial charge in [-0.05, 0) is 41.3 Å². The van der Waals surface area contributed by atoms with E-state index in [0.29, 0.717) is 24.0 Å². The summed E-state index contributed by atoms with van der Waals surface area (Å²) in [6.07, 6.45) is 0. The fraction of sp³-hybridized carbons (Fsp3) is 0.227. The zero-order chi connectivity index (χ0) is 19.2. The van der Waals surface area contributed by atoms with Crippen LogP contribution in [0.25, 0.3) is 0 Å². The lowest BCUT2D eigenvalue weighted by Gasteiger charge is -2.16. The lowest BCUT2D eigenvalue weighted by Crippen LogP contribution is -2.27. The Hall–Kier alpha value is -3.21. The second kappa shape index (κ2) is 8.45. The molecule has 3 rings (SSSR count). The van der Waals surface area contributed by atoms with Crippen molar-refractivity contribution < 1.29 is 4.79 Å². The maximum atomic E-state index is 12.5. The number of anilines is 2. The number of hydrogen-bond donors (Lipinski definition) is 1. The predicted molar refractivity (Wildman–Crippen MR) is 108 cm³/mol. The highest BCUT2D eigenvalue weighted by Gasteiger charge is 2.14. The van der Waals surface area contributed by atoms with Gasteiger partial charge in [-0.25, -0.2) is 0 Å². The lowest BCUT2D eigenvalue weighted by atomic mass is 10.0. The first-order chi connectivity index (χ1) is 13.0. The van der Waals surface area contributed by atoms with Crippen molar-refractivity contribution in [3.63, 3.8) is 0 Å². The zero-order valence-corrected chi connectivity index (χ0v) is 15.9. The molecule has 0 saturated heterocycles. The second-order valence-corrected chi connectivity index (χ2v) is 6.85. The van der Waals surface area contributed by atoms with Gasteiger partial charge in [0.25, 0.3) is 5.91 Å². The molecule has 3 aromatic rings. The van der Waals surface area contributed by atoms with Gasteiger partial charge in [-0.3, -0.25) is 4.79 Å². The van der Waals surface area contributed by atoms with E-state index >= 15 is 0 Å². The number of carbonyl (C=O) groups is 1. The average molecular weight is 360 g/mol. The van der Waals surface area contributed by atoms with E-state index in [2.05, 4.69) is 41.5 Å². The first-order valence-electron chi connectivity index (χ1n) is 9.03. The normalized spacial score (nSPS) is 10.7. The molecule has 0 aliphatic heterocycles. The third kappa shape index (κ3) is 4.91. The van der Waals surface area contributed by atoms with Gasteiger partial charge < -0.3 is 10.2 Å². The van der Waals surface area contributed by atoms with Gasteiger partial charge in [0.2, 0.25) is 0 Å². The van der Waals surface area contributed by atoms with Gasteiger partial charge >= 0.3 is 0 Å². The number of aromatic nitrogens is 2. The molecule has 0 unspecified atom stereocenters. The molecule has 1 amide bonds. The third-order valence-electron chi connectivity index (χ3n) is 4.34. The van der Waals surface area contributed by atoms with Crippen molar-refractivity contribution in [1.82, 2.24) is 15.1 Å². The number of benzene rings is 2. The molecule has 0 aliphatic rings. The monoisotopic (exact) mass is 360 g/mol. The van der Waals surface area contributed by atoms with Gasteiger partial charge in [0.1, 0.15) is 0 Å². The van der Waals surface area contributed by atoms with Crippen LogP contribution in [0.15, 0.2) is 66.7 Å². The average Bonchev–Trinajstić information content (AvgIpc) is 2.69. The Morgan fingerprint density at radius 3 is 2.26 bits per heavy atom. The lowest BCUT2D eigenvalue weighted by molar-refractivity contribution is 0.0778. The molecule has 0 aliphatic carbocycles. The largest absolute Gasteiger partial charge is 0.339 e. The van der Waals surface area contributed by atoms with E-state index < -0.39 is 0 Å². The maximum Gasteiger partial charge on any atom is 0.274 e. The van der Waals surface area contributed by atoms with Crippen LogP contribution < -0.4 is 5.32 Å². The molecule has 27 heavy (non-hydrogen) atoms. The summed E-state index contributed by atoms with van der Waals surface area (Å²) in [6, 6.07) is 21.6. The predicted octanol–water partition coefficient (Wildman–Crippen LogP) is 4.62. The number of hydrogen-bond acceptors (Lipinski definition) is 4. The molecule has 138 valence electrons. The first kappa shape index (κ1) is 18.6. The Labute approximate surface area is 160 Å². The number of nitrogens with zero attached hydrogens (tertiary/aromatic N) is 3. The van der Waals surface area contributed by atoms with E-state index in [1.807, 2.05) is 42.5 Å². The first-order valence-corrected chi connectivity index (χ1v) is 9.03. The Morgan fingerprint density at radius 1 is 0.963 bits per heavy atom. The summed E-state index contributed by atoms with van der Waals surface area (Å²) >= 11 is 0. The molecular weight excluding hydrogens is 336 g/mol. The highest BCUT2D eigenvalue weighted by atomic mass is 16.2. The van der Waals surface area contributed by atoms with Crippen LogP contribution in [0.1, 0.15) is 41.4 Å². The Balaban J connectivity index is 1.63. The van der Waals surface area contributed by atoms with Crippen LogP contribution in [-0.2, 0) is 6.54 Å². The molecule has 0 saturated carbocycles. The zero-order valence-electron chi connectivity index (χ0n) is 15.9. The molecule has 0 spiro atoms. The van der Waals surface area contributed by atoms with Crippen LogP contribution in [0.3, 0.4) is 0 Å². The van der Waals surface area contributed by atoms with Gasteiger partial charge in [0.15, 0.2) is 11.5 Å². The summed E-state index contributed by atoms with van der Waals surface area (Å²) in [6.45, 7) is 4.86. The molecule has 0 bridgehead atoms. The van der Waals surface area contributed by atoms with Crippen molar-refractivity contribution in [2.45, 2.75) is 26.3 Å². The topological polar surface area (TPSA) is 58.1 Å². The minimum Gasteiger partial charge on any atom is -0.339 e. The summed E-state index contributed by atoms with van der Waals surface area (Å²) in [4.78, 5) is 14.2. The fourth-order valence-electron chi connectivity index (χ4n) is 2.74. The number of carbonyl (C=O) groups excluding carboxylic acids is 1. The highest BCUT2D eigenvalue weighted by Crippen LogP contribution is 2.19. The fourth-order valence-corrected chi connectivity index (χ4v) is 2.74. The smallest absolute Gasteiger partial charge is 0.274 e. The Morgan fingerprint density at radius 2 is 1.67 bits per heavy atom. The summed E-state index contributed by atoms with van der Waals surface area (Å²) in [5.74, 6) is 0.950. The molecular formula is C22H24N4O. The van der Waals surface area contributed by atoms with Crippen molar-refractivity contribution in [3.8, 4) is 0 Å². The van der Waals surface area contributed by atoms with E-state index in [9.17, 15) is 4.79 Å². The van der Waals surface area contributed by atoms with Gasteiger partial charge in [-0.2, -0.15) is 0 Å². The molecule has 5 nitrogen and oxygen atoms in total. The molecule has 2 aromatic carbocycles. The van der Waals surface area contributed by atoms with Crippen molar-refractivity contribution in [2.75, 3.05) is 12.4 Å². The number of rotatable bonds is 6. The van der Waals surface area contributed by atoms with Crippen molar-refractivity contribution in [1.29, 1.82) is 0 Å². The van der Waals surface area contributed by atoms with E-state index in [4.69, 9.17) is 0 Å². The van der Waals surface area contributed by atoms with E-state index in [-0.39, 0.29) is 5.91 Å². The number of nitrogens with one attached hydrogen (secondary N) is 1. The van der Waals surface area contributed by atoms with Crippen molar-refractivity contribution in [3.05, 3.63) is 83.6 Å². The van der Waals surface area contributed by atoms with E-state index in [1.165, 1.54) is 5.56 Å². The molecule has 1 aromatic heterocycles. The minimum absolute atomic E-state index is 0.154. The minimum atomic E-state index is -0.154. The summed E-state index contributed by atoms with van der Waals surface area (Å²) in [7, 11) is 1.76. The van der Waals surface area contributed by atoms with Crippen LogP contribution in [0.5, 0.6) is 0 Å². The SMILES string of the molecule is CC(C)c1ccc(Nc2ccc(C(=O)N(C)Cc3ccccc3)nn2)cc1. The van der Waals surface area contributed by atoms with Gasteiger partial charge in [-0.15, -0.1) is 10.2 Å². The van der Waals surface area contributed by atoms with Crippen LogP contribution in [-0.4, -0.2) is 28.1 Å². The van der Waals surface area contributed by atoms with Crippen molar-refractivity contribution >= 4 is 17.4 Å². The Kier molecular flexibility index (Phi) is 5.81. The van der Waals surface area contributed by atoms with Crippen LogP contribution >= 0.6 is 0 Å². The summed E-state index contributed by atoms with van der Waals surface area (Å²) in [5.41, 5.74) is 3.63. The molecule has 0 atom stereocenters. The highest BCUT2D eigenvalue weighted by molar-refractivity contribution is 5.92. The van der Waals surface area contributed by atoms with Gasteiger partial charge in [0, 0.05) is 19.3 Å². The van der Waals surface area contributed by atoms with E-state index in [0.717, 1.165) is 11.3 Å². The molecule has 0 fully saturated rings. The van der Waals surface area contributed by atoms with Gasteiger partial charge in [0.05, 0.1) is 0 Å². The third-order valence-corrected chi connectivity index (χ3v) is 4.34. The van der Waals surface area contributed by atoms with Crippen molar-refractivity contribution in [2.24, 2.45) is 0 Å². The molecule has 1 heterocycles. The van der Waals surface area contributed by atoms with E-state index in [1.54, 1.807) is 24.1 Å². The summed E-state index contributed by atoms with van der Waals surface area (Å²) in [5, 5.41) is 11.4. The Bertz CT molecular complexity index is 874. The standard InChI is InChI=1S/C22H24N4O/c1-16(2)18-9-11-19(12-10-18)23-21-14-13-20(24-25-21)22(27)26(3)15-17-7-5-4-6-8-17/h4-14,16H,15H2,1-3H3,(H,23,25). The second-order valence-electron chi connectivity index (χ2n) is 6.85. The van der Waals surface area contributed by atoms with Crippen LogP contribution in [0.4, 0.5) is 11.5 Å². The molecule has 0 radical (unpaired) electrons.